The summed E-state index contributed by atoms with van der Waals surface area (Å²) < 4.78 is 19.9. The lowest BCUT2D eigenvalue weighted by Gasteiger charge is -2.23. The zero-order valence-electron chi connectivity index (χ0n) is 11.7. The molecule has 0 aliphatic carbocycles. The highest BCUT2D eigenvalue weighted by atomic mass is 19.1. The lowest BCUT2D eigenvalue weighted by Crippen LogP contribution is -2.50. The number of alkyl halides is 1. The third kappa shape index (κ3) is 3.70. The van der Waals surface area contributed by atoms with Gasteiger partial charge in [0.2, 0.25) is 5.67 Å². The van der Waals surface area contributed by atoms with Gasteiger partial charge in [-0.2, -0.15) is 0 Å². The summed E-state index contributed by atoms with van der Waals surface area (Å²) in [7, 11) is 0. The Hall–Kier alpha value is -1.62. The first-order valence-corrected chi connectivity index (χ1v) is 7.02. The van der Waals surface area contributed by atoms with E-state index >= 15 is 0 Å². The Morgan fingerprint density at radius 1 is 1.50 bits per heavy atom. The van der Waals surface area contributed by atoms with E-state index < -0.39 is 11.6 Å². The molecule has 0 bridgehead atoms. The fraction of sp³-hybridized carbons (Fsp3) is 0.533. The number of para-hydroxylation sites is 1. The number of hydrogen-bond acceptors (Lipinski definition) is 3. The molecule has 20 heavy (non-hydrogen) atoms. The van der Waals surface area contributed by atoms with Gasteiger partial charge in [0.15, 0.2) is 0 Å². The highest BCUT2D eigenvalue weighted by Gasteiger charge is 2.42. The number of halogens is 1. The predicted molar refractivity (Wildman–Crippen MR) is 75.5 cm³/mol. The van der Waals surface area contributed by atoms with Crippen molar-refractivity contribution in [3.05, 3.63) is 30.3 Å². The summed E-state index contributed by atoms with van der Waals surface area (Å²) in [4.78, 5) is 12.0. The van der Waals surface area contributed by atoms with Crippen LogP contribution in [-0.4, -0.2) is 37.3 Å². The Bertz CT molecular complexity index is 433. The molecule has 5 heteroatoms. The number of carbonyl (C=O) groups is 1. The van der Waals surface area contributed by atoms with E-state index in [0.717, 1.165) is 5.75 Å². The molecule has 1 fully saturated rings. The first-order chi connectivity index (χ1) is 9.64. The second-order valence-corrected chi connectivity index (χ2v) is 5.09. The molecule has 0 saturated carbocycles. The van der Waals surface area contributed by atoms with E-state index in [2.05, 4.69) is 10.6 Å². The fourth-order valence-electron chi connectivity index (χ4n) is 2.15. The largest absolute Gasteiger partial charge is 0.491 e. The van der Waals surface area contributed by atoms with Crippen LogP contribution < -0.4 is 15.4 Å². The van der Waals surface area contributed by atoms with Gasteiger partial charge in [-0.1, -0.05) is 25.1 Å². The average molecular weight is 280 g/mol. The molecular weight excluding hydrogens is 259 g/mol. The molecule has 1 aliphatic heterocycles. The molecule has 0 unspecified atom stereocenters. The molecule has 2 rings (SSSR count). The Morgan fingerprint density at radius 3 is 2.85 bits per heavy atom. The van der Waals surface area contributed by atoms with Gasteiger partial charge >= 0.3 is 0 Å². The summed E-state index contributed by atoms with van der Waals surface area (Å²) in [6.07, 6.45) is 0.927. The molecule has 4 nitrogen and oxygen atoms in total. The first kappa shape index (κ1) is 14.8. The van der Waals surface area contributed by atoms with Crippen molar-refractivity contribution in [1.29, 1.82) is 0 Å². The average Bonchev–Trinajstić information content (AvgIpc) is 2.92. The summed E-state index contributed by atoms with van der Waals surface area (Å²) in [6.45, 7) is 2.92. The molecule has 110 valence electrons. The maximum atomic E-state index is 14.3. The van der Waals surface area contributed by atoms with E-state index in [1.54, 1.807) is 0 Å². The van der Waals surface area contributed by atoms with Crippen molar-refractivity contribution in [3.8, 4) is 5.75 Å². The summed E-state index contributed by atoms with van der Waals surface area (Å²) in [5, 5.41) is 5.62. The van der Waals surface area contributed by atoms with Gasteiger partial charge in [-0.05, 0) is 25.1 Å². The van der Waals surface area contributed by atoms with Crippen LogP contribution in [-0.2, 0) is 4.79 Å². The molecule has 0 spiro atoms. The smallest absolute Gasteiger partial charge is 0.259 e. The minimum atomic E-state index is -1.78. The van der Waals surface area contributed by atoms with Crippen molar-refractivity contribution in [2.24, 2.45) is 0 Å². The summed E-state index contributed by atoms with van der Waals surface area (Å²) in [6, 6.07) is 9.20. The van der Waals surface area contributed by atoms with E-state index in [-0.39, 0.29) is 19.0 Å². The summed E-state index contributed by atoms with van der Waals surface area (Å²) >= 11 is 0. The normalized spacial score (nSPS) is 23.3. The van der Waals surface area contributed by atoms with Crippen molar-refractivity contribution < 1.29 is 13.9 Å². The fourth-order valence-corrected chi connectivity index (χ4v) is 2.15. The van der Waals surface area contributed by atoms with Gasteiger partial charge in [0, 0.05) is 13.0 Å². The zero-order chi connectivity index (χ0) is 14.4. The highest BCUT2D eigenvalue weighted by Crippen LogP contribution is 2.20. The lowest BCUT2D eigenvalue weighted by molar-refractivity contribution is -0.132. The molecule has 0 radical (unpaired) electrons. The standard InChI is InChI=1S/C15H21FN2O2/c1-2-12(10-20-13-6-4-3-5-7-13)18-14(19)15(16)8-9-17-11-15/h3-7,12,17H,2,8-11H2,1H3,(H,18,19)/t12-,15-/m0/s1. The van der Waals surface area contributed by atoms with Crippen LogP contribution in [0.15, 0.2) is 30.3 Å². The van der Waals surface area contributed by atoms with Gasteiger partial charge in [0.1, 0.15) is 12.4 Å². The van der Waals surface area contributed by atoms with Gasteiger partial charge in [-0.25, -0.2) is 4.39 Å². The molecule has 1 amide bonds. The molecule has 1 aromatic rings. The van der Waals surface area contributed by atoms with Crippen LogP contribution in [0.5, 0.6) is 5.75 Å². The Labute approximate surface area is 118 Å². The molecule has 1 heterocycles. The summed E-state index contributed by atoms with van der Waals surface area (Å²) in [5.41, 5.74) is -1.78. The van der Waals surface area contributed by atoms with Crippen molar-refractivity contribution in [3.63, 3.8) is 0 Å². The van der Waals surface area contributed by atoms with Crippen LogP contribution in [0.4, 0.5) is 4.39 Å². The topological polar surface area (TPSA) is 50.4 Å². The van der Waals surface area contributed by atoms with E-state index in [9.17, 15) is 9.18 Å². The van der Waals surface area contributed by atoms with Gasteiger partial charge in [0.05, 0.1) is 6.04 Å². The van der Waals surface area contributed by atoms with Gasteiger partial charge in [-0.3, -0.25) is 4.79 Å². The zero-order valence-corrected chi connectivity index (χ0v) is 11.7. The quantitative estimate of drug-likeness (QED) is 0.833. The number of hydrogen-bond donors (Lipinski definition) is 2. The van der Waals surface area contributed by atoms with Crippen LogP contribution in [0.3, 0.4) is 0 Å². The summed E-state index contributed by atoms with van der Waals surface area (Å²) in [5.74, 6) is 0.212. The van der Waals surface area contributed by atoms with Gasteiger partial charge < -0.3 is 15.4 Å². The monoisotopic (exact) mass is 280 g/mol. The number of benzene rings is 1. The van der Waals surface area contributed by atoms with Crippen LogP contribution in [0.25, 0.3) is 0 Å². The number of ether oxygens (including phenoxy) is 1. The second kappa shape index (κ2) is 6.70. The molecule has 1 saturated heterocycles. The second-order valence-electron chi connectivity index (χ2n) is 5.09. The van der Waals surface area contributed by atoms with Gasteiger partial charge in [0.25, 0.3) is 5.91 Å². The number of amides is 1. The van der Waals surface area contributed by atoms with E-state index in [4.69, 9.17) is 4.74 Å². The molecule has 1 aromatic carbocycles. The number of rotatable bonds is 6. The van der Waals surface area contributed by atoms with E-state index in [1.165, 1.54) is 0 Å². The van der Waals surface area contributed by atoms with E-state index in [0.29, 0.717) is 19.6 Å². The Balaban J connectivity index is 1.84. The van der Waals surface area contributed by atoms with Crippen LogP contribution in [0.2, 0.25) is 0 Å². The highest BCUT2D eigenvalue weighted by molar-refractivity contribution is 5.86. The Kier molecular flexibility index (Phi) is 4.95. The van der Waals surface area contributed by atoms with Crippen LogP contribution >= 0.6 is 0 Å². The van der Waals surface area contributed by atoms with Crippen molar-refractivity contribution in [2.75, 3.05) is 19.7 Å². The molecule has 2 N–H and O–H groups in total. The maximum absolute atomic E-state index is 14.3. The number of nitrogens with one attached hydrogen (secondary N) is 2. The van der Waals surface area contributed by atoms with Crippen LogP contribution in [0.1, 0.15) is 19.8 Å². The molecule has 0 aromatic heterocycles. The third-order valence-corrected chi connectivity index (χ3v) is 3.53. The van der Waals surface area contributed by atoms with Crippen molar-refractivity contribution in [1.82, 2.24) is 10.6 Å². The van der Waals surface area contributed by atoms with Gasteiger partial charge in [-0.15, -0.1) is 0 Å². The molecule has 2 atom stereocenters. The van der Waals surface area contributed by atoms with Crippen LogP contribution in [0, 0.1) is 0 Å². The van der Waals surface area contributed by atoms with Crippen molar-refractivity contribution >= 4 is 5.91 Å². The lowest BCUT2D eigenvalue weighted by atomic mass is 10.0. The van der Waals surface area contributed by atoms with Crippen molar-refractivity contribution in [2.45, 2.75) is 31.5 Å². The SMILES string of the molecule is CC[C@@H](COc1ccccc1)NC(=O)[C@]1(F)CCNC1. The minimum Gasteiger partial charge on any atom is -0.491 e. The third-order valence-electron chi connectivity index (χ3n) is 3.53. The Morgan fingerprint density at radius 2 is 2.25 bits per heavy atom. The maximum Gasteiger partial charge on any atom is 0.259 e. The predicted octanol–water partition coefficient (Wildman–Crippen LogP) is 1.66. The first-order valence-electron chi connectivity index (χ1n) is 7.02. The minimum absolute atomic E-state index is 0.0921. The number of carbonyl (C=O) groups excluding carboxylic acids is 1. The van der Waals surface area contributed by atoms with E-state index in [1.807, 2.05) is 37.3 Å². The molecular formula is C15H21FN2O2. The molecule has 1 aliphatic rings.